The van der Waals surface area contributed by atoms with Gasteiger partial charge in [-0.3, -0.25) is 4.79 Å². The first kappa shape index (κ1) is 20.1. The van der Waals surface area contributed by atoms with Crippen LogP contribution in [0.2, 0.25) is 0 Å². The molecule has 4 aromatic rings. The molecule has 3 heterocycles. The minimum Gasteiger partial charge on any atom is -0.494 e. The Labute approximate surface area is 187 Å². The molecule has 0 spiro atoms. The Kier molecular flexibility index (Phi) is 5.19. The highest BCUT2D eigenvalue weighted by atomic mass is 32.1. The van der Waals surface area contributed by atoms with E-state index in [9.17, 15) is 4.79 Å². The molecule has 1 N–H and O–H groups in total. The molecule has 1 atom stereocenters. The van der Waals surface area contributed by atoms with E-state index in [2.05, 4.69) is 24.9 Å². The molecule has 3 aromatic heterocycles. The van der Waals surface area contributed by atoms with Gasteiger partial charge in [-0.25, -0.2) is 9.97 Å². The van der Waals surface area contributed by atoms with E-state index in [-0.39, 0.29) is 11.8 Å². The summed E-state index contributed by atoms with van der Waals surface area (Å²) in [5, 5.41) is 8.62. The van der Waals surface area contributed by atoms with Gasteiger partial charge in [-0.05, 0) is 49.3 Å². The van der Waals surface area contributed by atoms with Crippen molar-refractivity contribution in [1.82, 2.24) is 24.5 Å². The Bertz CT molecular complexity index is 1280. The van der Waals surface area contributed by atoms with Crippen LogP contribution in [0.5, 0.6) is 5.75 Å². The zero-order valence-electron chi connectivity index (χ0n) is 17.5. The minimum absolute atomic E-state index is 0.0382. The lowest BCUT2D eigenvalue weighted by atomic mass is 9.87. The molecular weight excluding hydrogens is 432 g/mol. The van der Waals surface area contributed by atoms with Gasteiger partial charge in [0.2, 0.25) is 5.91 Å². The molecule has 0 saturated heterocycles. The predicted molar refractivity (Wildman–Crippen MR) is 123 cm³/mol. The first-order valence-corrected chi connectivity index (χ1v) is 11.7. The highest BCUT2D eigenvalue weighted by Gasteiger charge is 2.30. The smallest absolute Gasteiger partial charge is 0.225 e. The predicted octanol–water partition coefficient (Wildman–Crippen LogP) is 4.03. The van der Waals surface area contributed by atoms with Gasteiger partial charge in [0.15, 0.2) is 0 Å². The molecule has 1 aliphatic carbocycles. The van der Waals surface area contributed by atoms with Crippen molar-refractivity contribution < 1.29 is 9.53 Å². The van der Waals surface area contributed by atoms with Crippen LogP contribution in [0.4, 0.5) is 11.5 Å². The van der Waals surface area contributed by atoms with Gasteiger partial charge in [0, 0.05) is 30.5 Å². The standard InChI is InChI=1S/C21H22N6O2S2/c1-4-27(2)21(28)11-5-6-12-16(7-11)30-20-18(12)19(22-10-23-20)24-13-9-17-14(25-26-31-17)8-15(13)29-3/h8-11H,4-7H2,1-3H3,(H,22,23,24). The molecule has 1 amide bonds. The van der Waals surface area contributed by atoms with E-state index in [1.807, 2.05) is 31.0 Å². The average molecular weight is 455 g/mol. The summed E-state index contributed by atoms with van der Waals surface area (Å²) >= 11 is 3.01. The molecule has 5 rings (SSSR count). The third-order valence-electron chi connectivity index (χ3n) is 5.87. The fourth-order valence-corrected chi connectivity index (χ4v) is 5.93. The van der Waals surface area contributed by atoms with E-state index >= 15 is 0 Å². The van der Waals surface area contributed by atoms with E-state index < -0.39 is 0 Å². The Morgan fingerprint density at radius 2 is 2.23 bits per heavy atom. The number of rotatable bonds is 5. The van der Waals surface area contributed by atoms with Gasteiger partial charge in [0.25, 0.3) is 0 Å². The summed E-state index contributed by atoms with van der Waals surface area (Å²) in [6, 6.07) is 3.87. The van der Waals surface area contributed by atoms with Crippen molar-refractivity contribution in [3.8, 4) is 5.75 Å². The number of nitrogens with one attached hydrogen (secondary N) is 1. The van der Waals surface area contributed by atoms with Gasteiger partial charge in [-0.15, -0.1) is 16.4 Å². The molecule has 0 radical (unpaired) electrons. The van der Waals surface area contributed by atoms with Crippen molar-refractivity contribution in [1.29, 1.82) is 0 Å². The van der Waals surface area contributed by atoms with Crippen LogP contribution in [-0.4, -0.2) is 51.1 Å². The van der Waals surface area contributed by atoms with Crippen LogP contribution in [0.3, 0.4) is 0 Å². The maximum absolute atomic E-state index is 12.7. The summed E-state index contributed by atoms with van der Waals surface area (Å²) in [6.45, 7) is 2.74. The molecule has 0 saturated carbocycles. The molecule has 0 bridgehead atoms. The third kappa shape index (κ3) is 3.49. The number of methoxy groups -OCH3 is 1. The normalized spacial score (nSPS) is 15.8. The zero-order valence-corrected chi connectivity index (χ0v) is 19.1. The van der Waals surface area contributed by atoms with Gasteiger partial charge in [-0.1, -0.05) is 4.49 Å². The van der Waals surface area contributed by atoms with Gasteiger partial charge >= 0.3 is 0 Å². The van der Waals surface area contributed by atoms with Crippen LogP contribution in [0, 0.1) is 5.92 Å². The zero-order chi connectivity index (χ0) is 21.5. The largest absolute Gasteiger partial charge is 0.494 e. The van der Waals surface area contributed by atoms with Gasteiger partial charge < -0.3 is 15.0 Å². The number of thiophene rings is 1. The Morgan fingerprint density at radius 1 is 1.35 bits per heavy atom. The van der Waals surface area contributed by atoms with Crippen LogP contribution in [0.1, 0.15) is 23.8 Å². The first-order chi connectivity index (χ1) is 15.1. The summed E-state index contributed by atoms with van der Waals surface area (Å²) in [5.74, 6) is 1.71. The first-order valence-electron chi connectivity index (χ1n) is 10.2. The van der Waals surface area contributed by atoms with Crippen molar-refractivity contribution in [3.05, 3.63) is 28.9 Å². The number of hydrogen-bond acceptors (Lipinski definition) is 9. The molecule has 31 heavy (non-hydrogen) atoms. The van der Waals surface area contributed by atoms with E-state index in [0.29, 0.717) is 5.75 Å². The van der Waals surface area contributed by atoms with Crippen molar-refractivity contribution >= 4 is 60.7 Å². The highest BCUT2D eigenvalue weighted by molar-refractivity contribution is 7.19. The average Bonchev–Trinajstić information content (AvgIpc) is 3.40. The third-order valence-corrected chi connectivity index (χ3v) is 7.72. The summed E-state index contributed by atoms with van der Waals surface area (Å²) in [4.78, 5) is 25.7. The van der Waals surface area contributed by atoms with Crippen molar-refractivity contribution in [2.24, 2.45) is 5.92 Å². The molecular formula is C21H22N6O2S2. The lowest BCUT2D eigenvalue weighted by Crippen LogP contribution is -2.35. The minimum atomic E-state index is 0.0382. The van der Waals surface area contributed by atoms with Crippen molar-refractivity contribution in [2.45, 2.75) is 26.2 Å². The second-order valence-corrected chi connectivity index (χ2v) is 9.49. The summed E-state index contributed by atoms with van der Waals surface area (Å²) in [5.41, 5.74) is 2.88. The van der Waals surface area contributed by atoms with Gasteiger partial charge in [0.05, 0.1) is 22.9 Å². The number of nitrogens with zero attached hydrogens (tertiary/aromatic N) is 5. The number of aryl methyl sites for hydroxylation is 1. The number of carbonyl (C=O) groups is 1. The van der Waals surface area contributed by atoms with E-state index in [0.717, 1.165) is 57.7 Å². The molecule has 0 aliphatic heterocycles. The number of aromatic nitrogens is 4. The van der Waals surface area contributed by atoms with E-state index in [4.69, 9.17) is 4.74 Å². The molecule has 160 valence electrons. The quantitative estimate of drug-likeness (QED) is 0.487. The van der Waals surface area contributed by atoms with E-state index in [1.54, 1.807) is 24.8 Å². The summed E-state index contributed by atoms with van der Waals surface area (Å²) < 4.78 is 10.6. The lowest BCUT2D eigenvalue weighted by molar-refractivity contribution is -0.134. The van der Waals surface area contributed by atoms with Crippen LogP contribution in [0.25, 0.3) is 20.4 Å². The molecule has 1 aliphatic rings. The Hall–Kier alpha value is -2.85. The van der Waals surface area contributed by atoms with Crippen molar-refractivity contribution in [3.63, 3.8) is 0 Å². The summed E-state index contributed by atoms with van der Waals surface area (Å²) in [7, 11) is 3.51. The van der Waals surface area contributed by atoms with Gasteiger partial charge in [0.1, 0.15) is 28.2 Å². The lowest BCUT2D eigenvalue weighted by Gasteiger charge is -2.26. The monoisotopic (exact) mass is 454 g/mol. The molecule has 10 heteroatoms. The van der Waals surface area contributed by atoms with Crippen LogP contribution < -0.4 is 10.1 Å². The number of benzene rings is 1. The fraction of sp³-hybridized carbons (Fsp3) is 0.381. The molecule has 1 aromatic carbocycles. The second-order valence-electron chi connectivity index (χ2n) is 7.62. The Morgan fingerprint density at radius 3 is 3.03 bits per heavy atom. The fourth-order valence-electron chi connectivity index (χ4n) is 4.09. The SMILES string of the molecule is CCN(C)C(=O)C1CCc2c(sc3ncnc(Nc4cc5snnc5cc4OC)c23)C1. The van der Waals surface area contributed by atoms with E-state index in [1.165, 1.54) is 22.0 Å². The number of carbonyl (C=O) groups excluding carboxylic acids is 1. The Balaban J connectivity index is 1.52. The second kappa shape index (κ2) is 8.01. The maximum atomic E-state index is 12.7. The number of amides is 1. The van der Waals surface area contributed by atoms with Gasteiger partial charge in [-0.2, -0.15) is 0 Å². The molecule has 8 nitrogen and oxygen atoms in total. The van der Waals surface area contributed by atoms with Crippen LogP contribution >= 0.6 is 22.9 Å². The number of ether oxygens (including phenoxy) is 1. The van der Waals surface area contributed by atoms with Crippen LogP contribution in [-0.2, 0) is 17.6 Å². The number of hydrogen-bond donors (Lipinski definition) is 1. The molecule has 0 fully saturated rings. The van der Waals surface area contributed by atoms with Crippen molar-refractivity contribution in [2.75, 3.05) is 26.0 Å². The summed E-state index contributed by atoms with van der Waals surface area (Å²) in [6.07, 6.45) is 4.04. The molecule has 1 unspecified atom stereocenters. The maximum Gasteiger partial charge on any atom is 0.225 e. The van der Waals surface area contributed by atoms with Crippen LogP contribution in [0.15, 0.2) is 18.5 Å². The topological polar surface area (TPSA) is 93.1 Å². The number of anilines is 2. The highest BCUT2D eigenvalue weighted by Crippen LogP contribution is 2.42. The number of fused-ring (bicyclic) bond motifs is 4.